The molecule has 0 bridgehead atoms. The van der Waals surface area contributed by atoms with Gasteiger partial charge in [0.05, 0.1) is 15.8 Å². The Morgan fingerprint density at radius 1 is 1.10 bits per heavy atom. The van der Waals surface area contributed by atoms with Crippen molar-refractivity contribution in [1.82, 2.24) is 4.31 Å². The van der Waals surface area contributed by atoms with Gasteiger partial charge in [-0.25, -0.2) is 8.42 Å². The summed E-state index contributed by atoms with van der Waals surface area (Å²) < 4.78 is 28.3. The van der Waals surface area contributed by atoms with E-state index in [2.05, 4.69) is 32.0 Å². The van der Waals surface area contributed by atoms with E-state index < -0.39 is 10.0 Å². The summed E-state index contributed by atoms with van der Waals surface area (Å²) in [7, 11) is -3.47. The van der Waals surface area contributed by atoms with Crippen LogP contribution in [0.15, 0.2) is 36.4 Å². The number of rotatable bonds is 3. The molecule has 1 saturated carbocycles. The Balaban J connectivity index is 1.48. The van der Waals surface area contributed by atoms with Gasteiger partial charge in [-0.3, -0.25) is 0 Å². The van der Waals surface area contributed by atoms with Gasteiger partial charge in [0.1, 0.15) is 0 Å². The van der Waals surface area contributed by atoms with Crippen LogP contribution in [0.4, 0.5) is 0 Å². The number of halogens is 2. The Labute approximate surface area is 189 Å². The van der Waals surface area contributed by atoms with Crippen molar-refractivity contribution in [2.24, 2.45) is 5.41 Å². The SMILES string of the molecule is CC1(C)c2cccc3c2C(CCN(S(=O)(=O)Cc2ccc(Cl)c(Cl)c2)C3)CC12CC2. The van der Waals surface area contributed by atoms with E-state index in [9.17, 15) is 8.42 Å². The fourth-order valence-corrected chi connectivity index (χ4v) is 7.68. The zero-order valence-corrected chi connectivity index (χ0v) is 19.7. The van der Waals surface area contributed by atoms with Crippen molar-refractivity contribution in [3.63, 3.8) is 0 Å². The Morgan fingerprint density at radius 2 is 1.87 bits per heavy atom. The number of hydrogen-bond donors (Lipinski definition) is 0. The van der Waals surface area contributed by atoms with Gasteiger partial charge in [0.15, 0.2) is 0 Å². The molecule has 6 heteroatoms. The van der Waals surface area contributed by atoms with Crippen LogP contribution in [0.1, 0.15) is 67.7 Å². The molecule has 0 radical (unpaired) electrons. The molecular weight excluding hydrogens is 437 g/mol. The highest BCUT2D eigenvalue weighted by atomic mass is 35.5. The Morgan fingerprint density at radius 3 is 2.57 bits per heavy atom. The van der Waals surface area contributed by atoms with E-state index in [1.165, 1.54) is 36.0 Å². The van der Waals surface area contributed by atoms with Crippen LogP contribution >= 0.6 is 23.2 Å². The first kappa shape index (κ1) is 20.8. The summed E-state index contributed by atoms with van der Waals surface area (Å²) in [5.41, 5.74) is 5.27. The van der Waals surface area contributed by atoms with Crippen LogP contribution in [-0.2, 0) is 27.7 Å². The molecule has 2 aromatic rings. The minimum atomic E-state index is -3.47. The molecule has 1 atom stereocenters. The van der Waals surface area contributed by atoms with Crippen LogP contribution in [0.3, 0.4) is 0 Å². The number of nitrogens with zero attached hydrogens (tertiary/aromatic N) is 1. The first-order valence-electron chi connectivity index (χ1n) is 10.7. The summed E-state index contributed by atoms with van der Waals surface area (Å²) in [4.78, 5) is 0. The maximum atomic E-state index is 13.3. The van der Waals surface area contributed by atoms with Gasteiger partial charge in [0, 0.05) is 13.1 Å². The highest BCUT2D eigenvalue weighted by Crippen LogP contribution is 2.68. The van der Waals surface area contributed by atoms with E-state index in [0.29, 0.717) is 40.0 Å². The molecule has 1 unspecified atom stereocenters. The van der Waals surface area contributed by atoms with E-state index in [-0.39, 0.29) is 11.2 Å². The number of hydrogen-bond acceptors (Lipinski definition) is 2. The molecule has 0 saturated heterocycles. The predicted octanol–water partition coefficient (Wildman–Crippen LogP) is 6.27. The van der Waals surface area contributed by atoms with Crippen LogP contribution in [-0.4, -0.2) is 19.3 Å². The lowest BCUT2D eigenvalue weighted by molar-refractivity contribution is 0.222. The first-order valence-corrected chi connectivity index (χ1v) is 13.0. The molecule has 160 valence electrons. The summed E-state index contributed by atoms with van der Waals surface area (Å²) in [5, 5.41) is 0.824. The molecule has 0 N–H and O–H groups in total. The van der Waals surface area contributed by atoms with Gasteiger partial charge in [-0.1, -0.05) is 61.3 Å². The third kappa shape index (κ3) is 3.23. The summed E-state index contributed by atoms with van der Waals surface area (Å²) in [5.74, 6) is 0.399. The molecule has 1 spiro atoms. The first-order chi connectivity index (χ1) is 14.1. The quantitative estimate of drug-likeness (QED) is 0.537. The Hall–Kier alpha value is -1.07. The topological polar surface area (TPSA) is 37.4 Å². The third-order valence-electron chi connectivity index (χ3n) is 7.89. The minimum absolute atomic E-state index is 0.0565. The molecule has 30 heavy (non-hydrogen) atoms. The normalized spacial score (nSPS) is 24.3. The van der Waals surface area contributed by atoms with Crippen molar-refractivity contribution >= 4 is 33.2 Å². The van der Waals surface area contributed by atoms with E-state index in [4.69, 9.17) is 23.2 Å². The summed E-state index contributed by atoms with van der Waals surface area (Å²) >= 11 is 12.1. The number of benzene rings is 2. The van der Waals surface area contributed by atoms with Crippen LogP contribution in [0.5, 0.6) is 0 Å². The van der Waals surface area contributed by atoms with E-state index >= 15 is 0 Å². The zero-order valence-electron chi connectivity index (χ0n) is 17.4. The van der Waals surface area contributed by atoms with Crippen LogP contribution in [0.2, 0.25) is 10.0 Å². The maximum Gasteiger partial charge on any atom is 0.218 e. The van der Waals surface area contributed by atoms with Gasteiger partial charge in [-0.2, -0.15) is 4.31 Å². The summed E-state index contributed by atoms with van der Waals surface area (Å²) in [6.07, 6.45) is 4.66. The second kappa shape index (κ2) is 6.96. The van der Waals surface area contributed by atoms with Gasteiger partial charge < -0.3 is 0 Å². The van der Waals surface area contributed by atoms with Crippen molar-refractivity contribution in [2.75, 3.05) is 6.54 Å². The molecule has 3 nitrogen and oxygen atoms in total. The molecular formula is C24H27Cl2NO2S. The lowest BCUT2D eigenvalue weighted by Gasteiger charge is -2.45. The van der Waals surface area contributed by atoms with E-state index in [0.717, 1.165) is 6.42 Å². The van der Waals surface area contributed by atoms with Crippen LogP contribution in [0, 0.1) is 5.41 Å². The Kier molecular flexibility index (Phi) is 4.83. The average Bonchev–Trinajstić information content (AvgIpc) is 3.48. The predicted molar refractivity (Wildman–Crippen MR) is 123 cm³/mol. The van der Waals surface area contributed by atoms with Crippen LogP contribution < -0.4 is 0 Å². The molecule has 3 aliphatic rings. The van der Waals surface area contributed by atoms with Gasteiger partial charge in [0.2, 0.25) is 10.0 Å². The van der Waals surface area contributed by atoms with Crippen molar-refractivity contribution in [3.8, 4) is 0 Å². The monoisotopic (exact) mass is 463 g/mol. The lowest BCUT2D eigenvalue weighted by atomic mass is 9.59. The molecule has 2 aliphatic carbocycles. The van der Waals surface area contributed by atoms with E-state index in [1.807, 2.05) is 0 Å². The highest BCUT2D eigenvalue weighted by Gasteiger charge is 2.59. The molecule has 1 heterocycles. The lowest BCUT2D eigenvalue weighted by Crippen LogP contribution is -2.38. The number of sulfonamides is 1. The fraction of sp³-hybridized carbons (Fsp3) is 0.500. The minimum Gasteiger partial charge on any atom is -0.212 e. The zero-order chi connectivity index (χ0) is 21.3. The smallest absolute Gasteiger partial charge is 0.212 e. The largest absolute Gasteiger partial charge is 0.218 e. The molecule has 5 rings (SSSR count). The molecule has 0 aromatic heterocycles. The molecule has 1 fully saturated rings. The van der Waals surface area contributed by atoms with Crippen molar-refractivity contribution < 1.29 is 8.42 Å². The summed E-state index contributed by atoms with van der Waals surface area (Å²) in [6.45, 7) is 5.79. The van der Waals surface area contributed by atoms with E-state index in [1.54, 1.807) is 22.5 Å². The summed E-state index contributed by atoms with van der Waals surface area (Å²) in [6, 6.07) is 11.6. The second-order valence-corrected chi connectivity index (χ2v) is 12.6. The highest BCUT2D eigenvalue weighted by molar-refractivity contribution is 7.88. The standard InChI is InChI=1S/C24H27Cl2NO2S/c1-23(2)19-5-3-4-18-14-27(11-8-17(22(18)19)13-24(23)9-10-24)30(28,29)15-16-6-7-20(25)21(26)12-16/h3-7,12,17H,8-11,13-15H2,1-2H3. The van der Waals surface area contributed by atoms with Crippen molar-refractivity contribution in [3.05, 3.63) is 68.7 Å². The fourth-order valence-electron chi connectivity index (χ4n) is 5.86. The van der Waals surface area contributed by atoms with Gasteiger partial charge in [-0.15, -0.1) is 0 Å². The second-order valence-electron chi connectivity index (χ2n) is 9.81. The average molecular weight is 464 g/mol. The van der Waals surface area contributed by atoms with Gasteiger partial charge >= 0.3 is 0 Å². The maximum absolute atomic E-state index is 13.3. The van der Waals surface area contributed by atoms with Crippen LogP contribution in [0.25, 0.3) is 0 Å². The van der Waals surface area contributed by atoms with Crippen molar-refractivity contribution in [1.29, 1.82) is 0 Å². The molecule has 2 aromatic carbocycles. The molecule has 0 amide bonds. The van der Waals surface area contributed by atoms with Gasteiger partial charge in [-0.05, 0) is 76.8 Å². The van der Waals surface area contributed by atoms with Gasteiger partial charge in [0.25, 0.3) is 0 Å². The third-order valence-corrected chi connectivity index (χ3v) is 10.4. The Bertz CT molecular complexity index is 1120. The molecule has 1 aliphatic heterocycles. The van der Waals surface area contributed by atoms with Crippen molar-refractivity contribution in [2.45, 2.75) is 63.2 Å².